The molecule has 0 saturated heterocycles. The topological polar surface area (TPSA) is 111 Å². The molecule has 2 heterocycles. The molecule has 4 N–H and O–H groups in total. The fourth-order valence-electron chi connectivity index (χ4n) is 2.01. The summed E-state index contributed by atoms with van der Waals surface area (Å²) in [5, 5.41) is 0. The zero-order valence-corrected chi connectivity index (χ0v) is 9.92. The van der Waals surface area contributed by atoms with Gasteiger partial charge in [0.2, 0.25) is 13.1 Å². The van der Waals surface area contributed by atoms with Gasteiger partial charge in [-0.05, 0) is 0 Å². The van der Waals surface area contributed by atoms with Crippen LogP contribution in [0, 0.1) is 0 Å². The molecule has 8 nitrogen and oxygen atoms in total. The summed E-state index contributed by atoms with van der Waals surface area (Å²) in [4.78, 5) is 22.2. The Bertz CT molecular complexity index is 413. The number of carbonyl (C=O) groups excluding carboxylic acids is 2. The minimum atomic E-state index is -0.579. The van der Waals surface area contributed by atoms with Crippen molar-refractivity contribution in [3.8, 4) is 0 Å². The van der Waals surface area contributed by atoms with Crippen LogP contribution in [-0.4, -0.2) is 72.2 Å². The van der Waals surface area contributed by atoms with Gasteiger partial charge in [0, 0.05) is 0 Å². The Morgan fingerprint density at radius 1 is 0.944 bits per heavy atom. The first-order chi connectivity index (χ1) is 8.59. The first-order valence-corrected chi connectivity index (χ1v) is 5.68. The van der Waals surface area contributed by atoms with E-state index in [0.717, 1.165) is 0 Å². The van der Waals surface area contributed by atoms with Gasteiger partial charge >= 0.3 is 23.6 Å². The lowest BCUT2D eigenvalue weighted by molar-refractivity contribution is -0.589. The van der Waals surface area contributed by atoms with Crippen molar-refractivity contribution in [3.63, 3.8) is 0 Å². The van der Waals surface area contributed by atoms with Gasteiger partial charge in [0.05, 0.1) is 0 Å². The van der Waals surface area contributed by atoms with Gasteiger partial charge in [-0.15, -0.1) is 0 Å². The zero-order valence-electron chi connectivity index (χ0n) is 9.92. The van der Waals surface area contributed by atoms with Gasteiger partial charge in [0.15, 0.2) is 26.3 Å². The van der Waals surface area contributed by atoms with Crippen LogP contribution in [0.3, 0.4) is 0 Å². The van der Waals surface area contributed by atoms with Crippen LogP contribution >= 0.6 is 0 Å². The Kier molecular flexibility index (Phi) is 3.45. The molecule has 0 unspecified atom stereocenters. The largest absolute Gasteiger partial charge is 0.434 e. The van der Waals surface area contributed by atoms with Gasteiger partial charge in [-0.25, -0.2) is 0 Å². The van der Waals surface area contributed by atoms with Crippen LogP contribution in [0.4, 0.5) is 0 Å². The second-order valence-corrected chi connectivity index (χ2v) is 4.01. The monoisotopic (exact) mass is 256 g/mol. The summed E-state index contributed by atoms with van der Waals surface area (Å²) in [7, 11) is 0. The van der Waals surface area contributed by atoms with Crippen molar-refractivity contribution in [1.29, 1.82) is 0 Å². The summed E-state index contributed by atoms with van der Waals surface area (Å²) in [6.45, 7) is 3.16. The number of ether oxygens (including phenoxy) is 2. The lowest BCUT2D eigenvalue weighted by Gasteiger charge is -1.97. The van der Waals surface area contributed by atoms with Crippen molar-refractivity contribution in [2.75, 3.05) is 39.4 Å². The van der Waals surface area contributed by atoms with Crippen LogP contribution < -0.4 is 11.5 Å². The van der Waals surface area contributed by atoms with E-state index < -0.39 is 11.8 Å². The number of hydrogen-bond donors (Lipinski definition) is 2. The Balaban J connectivity index is 2.04. The first kappa shape index (κ1) is 12.3. The molecule has 2 rings (SSSR count). The van der Waals surface area contributed by atoms with Gasteiger partial charge < -0.3 is 20.9 Å². The highest BCUT2D eigenvalue weighted by Gasteiger charge is 2.33. The highest BCUT2D eigenvalue weighted by molar-refractivity contribution is 6.33. The predicted octanol–water partition coefficient (Wildman–Crippen LogP) is -3.16. The van der Waals surface area contributed by atoms with Crippen LogP contribution in [0.5, 0.6) is 0 Å². The molecule has 0 fully saturated rings. The van der Waals surface area contributed by atoms with Crippen molar-refractivity contribution < 1.29 is 28.2 Å². The summed E-state index contributed by atoms with van der Waals surface area (Å²) in [5.74, 6) is -0.806. The molecule has 2 aliphatic heterocycles. The van der Waals surface area contributed by atoms with E-state index in [1.807, 2.05) is 0 Å². The van der Waals surface area contributed by atoms with E-state index in [-0.39, 0.29) is 11.8 Å². The van der Waals surface area contributed by atoms with Crippen molar-refractivity contribution >= 4 is 23.6 Å². The lowest BCUT2D eigenvalue weighted by Crippen LogP contribution is -2.35. The molecule has 98 valence electrons. The van der Waals surface area contributed by atoms with Gasteiger partial charge in [-0.3, -0.25) is 9.59 Å². The second kappa shape index (κ2) is 5.03. The molecule has 0 aromatic carbocycles. The standard InChI is InChI=1S/C10H14N4O4/c11-7(15)9-13(3-5-17-9)1-2-14-4-6-18-10(14)8(12)16/h1-6H2,(H2-2,11,12,15,16)/p+2. The number of rotatable bonds is 5. The molecule has 8 heteroatoms. The molecule has 2 amide bonds. The normalized spacial score (nSPS) is 18.9. The summed E-state index contributed by atoms with van der Waals surface area (Å²) in [6.07, 6.45) is 0. The Morgan fingerprint density at radius 2 is 1.33 bits per heavy atom. The predicted molar refractivity (Wildman–Crippen MR) is 60.3 cm³/mol. The fraction of sp³-hybridized carbons (Fsp3) is 0.600. The quantitative estimate of drug-likeness (QED) is 0.506. The van der Waals surface area contributed by atoms with E-state index >= 15 is 0 Å². The molecule has 18 heavy (non-hydrogen) atoms. The number of primary amides is 2. The van der Waals surface area contributed by atoms with Gasteiger partial charge in [-0.2, -0.15) is 9.15 Å². The smallest absolute Gasteiger partial charge is 0.429 e. The van der Waals surface area contributed by atoms with E-state index in [1.165, 1.54) is 0 Å². The maximum Gasteiger partial charge on any atom is 0.429 e. The third-order valence-corrected chi connectivity index (χ3v) is 2.84. The number of hydrogen-bond acceptors (Lipinski definition) is 4. The van der Waals surface area contributed by atoms with Crippen molar-refractivity contribution in [1.82, 2.24) is 0 Å². The van der Waals surface area contributed by atoms with Gasteiger partial charge in [0.25, 0.3) is 0 Å². The summed E-state index contributed by atoms with van der Waals surface area (Å²) >= 11 is 0. The van der Waals surface area contributed by atoms with E-state index in [9.17, 15) is 9.59 Å². The lowest BCUT2D eigenvalue weighted by atomic mass is 10.4. The molecule has 0 bridgehead atoms. The second-order valence-electron chi connectivity index (χ2n) is 4.01. The summed E-state index contributed by atoms with van der Waals surface area (Å²) in [6, 6.07) is 0. The zero-order chi connectivity index (χ0) is 13.1. The molecule has 0 spiro atoms. The van der Waals surface area contributed by atoms with Crippen LogP contribution in [0.25, 0.3) is 0 Å². The van der Waals surface area contributed by atoms with Crippen LogP contribution in [-0.2, 0) is 19.1 Å². The third-order valence-electron chi connectivity index (χ3n) is 2.84. The maximum absolute atomic E-state index is 11.1. The number of carbonyl (C=O) groups is 2. The number of nitrogens with two attached hydrogens (primary N) is 2. The van der Waals surface area contributed by atoms with Crippen molar-refractivity contribution in [2.24, 2.45) is 11.5 Å². The van der Waals surface area contributed by atoms with Gasteiger partial charge in [-0.1, -0.05) is 0 Å². The van der Waals surface area contributed by atoms with Crippen LogP contribution in [0.15, 0.2) is 0 Å². The molecule has 0 atom stereocenters. The summed E-state index contributed by atoms with van der Waals surface area (Å²) in [5.41, 5.74) is 10.4. The third kappa shape index (κ3) is 2.41. The number of amides is 2. The molecule has 0 saturated carbocycles. The Morgan fingerprint density at radius 3 is 1.67 bits per heavy atom. The van der Waals surface area contributed by atoms with Crippen LogP contribution in [0.2, 0.25) is 0 Å². The van der Waals surface area contributed by atoms with E-state index in [4.69, 9.17) is 20.9 Å². The van der Waals surface area contributed by atoms with E-state index in [0.29, 0.717) is 39.4 Å². The minimum Gasteiger partial charge on any atom is -0.434 e. The SMILES string of the molecule is NC(=O)C1=[N+](CC[N+]2=C(C(N)=O)OCC2)CCO1. The highest BCUT2D eigenvalue weighted by atomic mass is 16.5. The molecule has 0 radical (unpaired) electrons. The number of nitrogens with zero attached hydrogens (tertiary/aromatic N) is 2. The minimum absolute atomic E-state index is 0.177. The van der Waals surface area contributed by atoms with Crippen molar-refractivity contribution in [2.45, 2.75) is 0 Å². The fourth-order valence-corrected chi connectivity index (χ4v) is 2.01. The molecule has 0 aliphatic carbocycles. The molecular weight excluding hydrogens is 240 g/mol. The maximum atomic E-state index is 11.1. The van der Waals surface area contributed by atoms with Crippen LogP contribution in [0.1, 0.15) is 0 Å². The molecular formula is C10H16N4O4+2. The highest BCUT2D eigenvalue weighted by Crippen LogP contribution is 1.98. The van der Waals surface area contributed by atoms with Gasteiger partial charge in [0.1, 0.15) is 0 Å². The molecule has 0 aromatic rings. The Labute approximate surface area is 103 Å². The average Bonchev–Trinajstić information content (AvgIpc) is 2.94. The Hall–Kier alpha value is -2.12. The summed E-state index contributed by atoms with van der Waals surface area (Å²) < 4.78 is 13.8. The molecule has 0 aromatic heterocycles. The molecule has 2 aliphatic rings. The first-order valence-electron chi connectivity index (χ1n) is 5.68. The average molecular weight is 256 g/mol. The van der Waals surface area contributed by atoms with E-state index in [1.54, 1.807) is 9.15 Å². The van der Waals surface area contributed by atoms with Crippen molar-refractivity contribution in [3.05, 3.63) is 0 Å². The van der Waals surface area contributed by atoms with E-state index in [2.05, 4.69) is 0 Å².